The first-order valence-corrected chi connectivity index (χ1v) is 13.5. The van der Waals surface area contributed by atoms with E-state index in [0.717, 1.165) is 58.8 Å². The van der Waals surface area contributed by atoms with Gasteiger partial charge in [0.2, 0.25) is 5.88 Å². The highest BCUT2D eigenvalue weighted by atomic mass is 19.3. The summed E-state index contributed by atoms with van der Waals surface area (Å²) in [5.41, 5.74) is 1.89. The summed E-state index contributed by atoms with van der Waals surface area (Å²) in [6.45, 7) is -2.55. The second kappa shape index (κ2) is 11.0. The van der Waals surface area contributed by atoms with Crippen molar-refractivity contribution in [2.45, 2.75) is 19.6 Å². The quantitative estimate of drug-likeness (QED) is 0.201. The van der Waals surface area contributed by atoms with Crippen molar-refractivity contribution in [3.8, 4) is 34.2 Å². The van der Waals surface area contributed by atoms with Gasteiger partial charge in [-0.15, -0.1) is 0 Å². The number of carbonyl (C=O) groups excluding carboxylic acids is 1. The normalized spacial score (nSPS) is 12.2. The van der Waals surface area contributed by atoms with Crippen molar-refractivity contribution in [1.82, 2.24) is 24.5 Å². The van der Waals surface area contributed by atoms with Crippen LogP contribution in [0.25, 0.3) is 27.7 Å². The molecule has 45 heavy (non-hydrogen) atoms. The number of nitrogens with one attached hydrogen (secondary N) is 2. The predicted molar refractivity (Wildman–Crippen MR) is 154 cm³/mol. The van der Waals surface area contributed by atoms with Crippen molar-refractivity contribution in [1.29, 1.82) is 0 Å². The van der Waals surface area contributed by atoms with Crippen LogP contribution in [-0.2, 0) is 13.0 Å². The highest BCUT2D eigenvalue weighted by molar-refractivity contribution is 6.04. The minimum absolute atomic E-state index is 0.00381. The molecule has 0 radical (unpaired) electrons. The zero-order valence-corrected chi connectivity index (χ0v) is 22.9. The monoisotopic (exact) mass is 616 g/mol. The van der Waals surface area contributed by atoms with Crippen LogP contribution < -0.4 is 20.3 Å². The van der Waals surface area contributed by atoms with E-state index in [1.54, 1.807) is 18.6 Å². The lowest BCUT2D eigenvalue weighted by molar-refractivity contribution is -0.0544. The summed E-state index contributed by atoms with van der Waals surface area (Å²) in [6.07, 6.45) is 5.80. The van der Waals surface area contributed by atoms with Gasteiger partial charge >= 0.3 is 6.61 Å². The van der Waals surface area contributed by atoms with Crippen LogP contribution in [0.3, 0.4) is 0 Å². The molecule has 4 heterocycles. The molecule has 0 atom stereocenters. The van der Waals surface area contributed by atoms with Crippen LogP contribution >= 0.6 is 0 Å². The van der Waals surface area contributed by atoms with Crippen LogP contribution in [0.5, 0.6) is 17.4 Å². The summed E-state index contributed by atoms with van der Waals surface area (Å²) < 4.78 is 68.0. The topological polar surface area (TPSA) is 116 Å². The third-order valence-corrected chi connectivity index (χ3v) is 7.34. The van der Waals surface area contributed by atoms with E-state index in [9.17, 15) is 22.8 Å². The maximum absolute atomic E-state index is 15.4. The molecular weight excluding hydrogens is 596 g/mol. The van der Waals surface area contributed by atoms with E-state index < -0.39 is 41.2 Å². The molecule has 7 rings (SSSR count). The SMILES string of the molecule is O=C(Nc1ccc(Oc2cc3c4c(cnn4CC3)c2-c2cn[nH]c2)c(F)c1)c1ccc(OC(F)F)n(-c2ccc(F)cc2)c1=O. The summed E-state index contributed by atoms with van der Waals surface area (Å²) in [5, 5.41) is 14.5. The molecule has 0 bridgehead atoms. The van der Waals surface area contributed by atoms with Gasteiger partial charge in [-0.05, 0) is 60.5 Å². The molecule has 1 aliphatic rings. The Morgan fingerprint density at radius 1 is 1.00 bits per heavy atom. The maximum Gasteiger partial charge on any atom is 0.388 e. The summed E-state index contributed by atoms with van der Waals surface area (Å²) in [4.78, 5) is 26.3. The van der Waals surface area contributed by atoms with Crippen molar-refractivity contribution in [3.63, 3.8) is 0 Å². The van der Waals surface area contributed by atoms with E-state index >= 15 is 4.39 Å². The molecule has 1 amide bonds. The van der Waals surface area contributed by atoms with Gasteiger partial charge in [0, 0.05) is 47.1 Å². The van der Waals surface area contributed by atoms with Crippen molar-refractivity contribution in [2.24, 2.45) is 0 Å². The van der Waals surface area contributed by atoms with E-state index in [1.807, 2.05) is 10.7 Å². The van der Waals surface area contributed by atoms with E-state index in [4.69, 9.17) is 4.74 Å². The van der Waals surface area contributed by atoms with Gasteiger partial charge in [0.15, 0.2) is 11.6 Å². The molecule has 3 aromatic heterocycles. The second-order valence-electron chi connectivity index (χ2n) is 10.1. The highest BCUT2D eigenvalue weighted by Gasteiger charge is 2.24. The van der Waals surface area contributed by atoms with Gasteiger partial charge in [-0.25, -0.2) is 13.3 Å². The standard InChI is InChI=1S/C31H20F4N6O4/c32-18-1-4-20(5-2-18)41-26(45-31(34)35)8-6-21(30(41)43)29(42)39-19-3-7-24(23(33)12-19)44-25-11-16-9-10-40-28(16)22(15-38-40)27(25)17-13-36-37-14-17/h1-8,11-15,31H,9-10H2,(H,36,37)(H,39,42). The first-order chi connectivity index (χ1) is 21.8. The molecule has 0 spiro atoms. The molecule has 1 aliphatic heterocycles. The minimum atomic E-state index is -3.27. The minimum Gasteiger partial charge on any atom is -0.454 e. The number of benzene rings is 3. The van der Waals surface area contributed by atoms with Crippen LogP contribution in [0.4, 0.5) is 23.2 Å². The molecular formula is C31H20F4N6O4. The number of aryl methyl sites for hydroxylation is 2. The third-order valence-electron chi connectivity index (χ3n) is 7.34. The number of ether oxygens (including phenoxy) is 2. The molecule has 2 N–H and O–H groups in total. The first kappa shape index (κ1) is 27.9. The van der Waals surface area contributed by atoms with E-state index in [2.05, 4.69) is 25.3 Å². The van der Waals surface area contributed by atoms with E-state index in [-0.39, 0.29) is 17.1 Å². The molecule has 0 unspecified atom stereocenters. The highest BCUT2D eigenvalue weighted by Crippen LogP contribution is 2.43. The average molecular weight is 617 g/mol. The number of pyridine rings is 1. The number of halogens is 4. The molecule has 0 aliphatic carbocycles. The van der Waals surface area contributed by atoms with Gasteiger partial charge in [-0.3, -0.25) is 19.4 Å². The largest absolute Gasteiger partial charge is 0.454 e. The lowest BCUT2D eigenvalue weighted by Gasteiger charge is -2.15. The van der Waals surface area contributed by atoms with Crippen LogP contribution in [0.15, 0.2) is 84.0 Å². The summed E-state index contributed by atoms with van der Waals surface area (Å²) in [5.74, 6) is -2.67. The number of aromatic nitrogens is 5. The Balaban J connectivity index is 1.18. The number of hydrogen-bond acceptors (Lipinski definition) is 6. The third kappa shape index (κ3) is 5.05. The molecule has 0 saturated heterocycles. The number of hydrogen-bond donors (Lipinski definition) is 2. The van der Waals surface area contributed by atoms with E-state index in [1.165, 1.54) is 24.3 Å². The van der Waals surface area contributed by atoms with Gasteiger partial charge in [0.25, 0.3) is 11.5 Å². The number of H-pyrrole nitrogens is 1. The fourth-order valence-electron chi connectivity index (χ4n) is 5.38. The molecule has 0 saturated carbocycles. The Labute approximate surface area is 250 Å². The Hall–Kier alpha value is -5.92. The number of rotatable bonds is 8. The Morgan fingerprint density at radius 2 is 1.82 bits per heavy atom. The summed E-state index contributed by atoms with van der Waals surface area (Å²) >= 11 is 0. The lowest BCUT2D eigenvalue weighted by Crippen LogP contribution is -2.29. The van der Waals surface area contributed by atoms with Gasteiger partial charge in [-0.1, -0.05) is 0 Å². The zero-order chi connectivity index (χ0) is 31.2. The van der Waals surface area contributed by atoms with Crippen molar-refractivity contribution >= 4 is 22.5 Å². The fourth-order valence-corrected chi connectivity index (χ4v) is 5.38. The number of carbonyl (C=O) groups is 1. The molecule has 14 heteroatoms. The Kier molecular flexibility index (Phi) is 6.80. The average Bonchev–Trinajstić information content (AvgIpc) is 3.77. The fraction of sp³-hybridized carbons (Fsp3) is 0.0968. The first-order valence-electron chi connectivity index (χ1n) is 13.5. The van der Waals surface area contributed by atoms with Crippen LogP contribution in [-0.4, -0.2) is 37.1 Å². The zero-order valence-electron chi connectivity index (χ0n) is 22.9. The van der Waals surface area contributed by atoms with Crippen molar-refractivity contribution < 1.29 is 31.8 Å². The molecule has 6 aromatic rings. The predicted octanol–water partition coefficient (Wildman–Crippen LogP) is 6.06. The van der Waals surface area contributed by atoms with Crippen molar-refractivity contribution in [3.05, 3.63) is 112 Å². The van der Waals surface area contributed by atoms with Crippen LogP contribution in [0.2, 0.25) is 0 Å². The Bertz CT molecular complexity index is 2140. The number of nitrogens with zero attached hydrogens (tertiary/aromatic N) is 4. The van der Waals surface area contributed by atoms with Gasteiger partial charge in [0.1, 0.15) is 17.1 Å². The molecule has 0 fully saturated rings. The van der Waals surface area contributed by atoms with Gasteiger partial charge < -0.3 is 14.8 Å². The Morgan fingerprint density at radius 3 is 2.56 bits per heavy atom. The van der Waals surface area contributed by atoms with Crippen LogP contribution in [0.1, 0.15) is 15.9 Å². The summed E-state index contributed by atoms with van der Waals surface area (Å²) in [7, 11) is 0. The molecule has 3 aromatic carbocycles. The molecule has 226 valence electrons. The lowest BCUT2D eigenvalue weighted by atomic mass is 10.00. The molecule has 10 nitrogen and oxygen atoms in total. The van der Waals surface area contributed by atoms with Crippen molar-refractivity contribution in [2.75, 3.05) is 5.32 Å². The van der Waals surface area contributed by atoms with Crippen LogP contribution in [0, 0.1) is 11.6 Å². The summed E-state index contributed by atoms with van der Waals surface area (Å²) in [6, 6.07) is 12.0. The van der Waals surface area contributed by atoms with Gasteiger partial charge in [-0.2, -0.15) is 19.0 Å². The number of aromatic amines is 1. The van der Waals surface area contributed by atoms with Gasteiger partial charge in [0.05, 0.1) is 23.6 Å². The van der Waals surface area contributed by atoms with E-state index in [0.29, 0.717) is 22.4 Å². The number of alkyl halides is 2. The number of anilines is 1. The number of amides is 1. The second-order valence-corrected chi connectivity index (χ2v) is 10.1. The maximum atomic E-state index is 15.4. The smallest absolute Gasteiger partial charge is 0.388 e.